The molecule has 1 aliphatic rings. The van der Waals surface area contributed by atoms with Crippen LogP contribution in [0.3, 0.4) is 0 Å². The normalized spacial score (nSPS) is 20.5. The van der Waals surface area contributed by atoms with Crippen LogP contribution < -0.4 is 10.6 Å². The van der Waals surface area contributed by atoms with Gasteiger partial charge in [0.15, 0.2) is 0 Å². The zero-order valence-corrected chi connectivity index (χ0v) is 20.7. The quantitative estimate of drug-likeness (QED) is 0.263. The lowest BCUT2D eigenvalue weighted by Gasteiger charge is -2.28. The summed E-state index contributed by atoms with van der Waals surface area (Å²) in [5, 5.41) is 6.77. The summed E-state index contributed by atoms with van der Waals surface area (Å²) in [7, 11) is 0. The highest BCUT2D eigenvalue weighted by Crippen LogP contribution is 2.38. The van der Waals surface area contributed by atoms with Gasteiger partial charge >= 0.3 is 0 Å². The van der Waals surface area contributed by atoms with Crippen molar-refractivity contribution in [3.05, 3.63) is 96.0 Å². The number of rotatable bonds is 3. The lowest BCUT2D eigenvalue weighted by molar-refractivity contribution is 0.322. The molecule has 0 saturated heterocycles. The molecule has 0 spiro atoms. The molecule has 35 heavy (non-hydrogen) atoms. The second-order valence-electron chi connectivity index (χ2n) is 9.95. The fourth-order valence-corrected chi connectivity index (χ4v) is 6.62. The van der Waals surface area contributed by atoms with E-state index < -0.39 is 0 Å². The third-order valence-electron chi connectivity index (χ3n) is 8.05. The summed E-state index contributed by atoms with van der Waals surface area (Å²) in [6.07, 6.45) is 13.8. The summed E-state index contributed by atoms with van der Waals surface area (Å²) < 4.78 is 5.27. The second kappa shape index (κ2) is 9.26. The van der Waals surface area contributed by atoms with E-state index in [0.29, 0.717) is 12.1 Å². The average Bonchev–Trinajstić information content (AvgIpc) is 3.37. The standard InChI is InChI=1S/C33H34N2/c1-3-13-30-26(4-2)27-18-5-8-21-31(27)34(30)24-14-11-16-25(17-12-15-24)35-32-22-9-6-19-28(32)29-20-7-10-23-33(29)35/h3-10,13,18-25H,1,11-12,14-17H2,2H3/b26-4-,30-13+. The molecule has 0 atom stereocenters. The van der Waals surface area contributed by atoms with Gasteiger partial charge in [-0.05, 0) is 69.7 Å². The van der Waals surface area contributed by atoms with Crippen LogP contribution in [-0.2, 0) is 0 Å². The molecule has 2 heteroatoms. The Balaban J connectivity index is 1.36. The molecular formula is C33H34N2. The zero-order chi connectivity index (χ0) is 23.8. The topological polar surface area (TPSA) is 9.86 Å². The van der Waals surface area contributed by atoms with E-state index in [-0.39, 0.29) is 0 Å². The Bertz CT molecular complexity index is 1580. The Morgan fingerprint density at radius 1 is 0.657 bits per heavy atom. The van der Waals surface area contributed by atoms with Gasteiger partial charge in [-0.25, -0.2) is 0 Å². The third kappa shape index (κ3) is 3.63. The minimum atomic E-state index is 0.527. The second-order valence-corrected chi connectivity index (χ2v) is 9.95. The lowest BCUT2D eigenvalue weighted by Crippen LogP contribution is -2.32. The number of fused-ring (bicyclic) bond motifs is 4. The Hall–Kier alpha value is -3.52. The van der Waals surface area contributed by atoms with Crippen molar-refractivity contribution in [2.24, 2.45) is 0 Å². The summed E-state index contributed by atoms with van der Waals surface area (Å²) >= 11 is 0. The third-order valence-corrected chi connectivity index (χ3v) is 8.05. The highest BCUT2D eigenvalue weighted by Gasteiger charge is 2.23. The smallest absolute Gasteiger partial charge is 0.0493 e. The molecule has 176 valence electrons. The fraction of sp³-hybridized carbons (Fsp3) is 0.273. The van der Waals surface area contributed by atoms with Gasteiger partial charge in [0.25, 0.3) is 0 Å². The van der Waals surface area contributed by atoms with E-state index in [0.717, 1.165) is 0 Å². The highest BCUT2D eigenvalue weighted by molar-refractivity contribution is 6.08. The van der Waals surface area contributed by atoms with Crippen LogP contribution in [0.15, 0.2) is 85.5 Å². The van der Waals surface area contributed by atoms with Crippen LogP contribution in [0.25, 0.3) is 44.9 Å². The van der Waals surface area contributed by atoms with Gasteiger partial charge in [-0.3, -0.25) is 0 Å². The van der Waals surface area contributed by atoms with Gasteiger partial charge in [-0.1, -0.05) is 73.3 Å². The molecule has 2 nitrogen and oxygen atoms in total. The maximum atomic E-state index is 4.02. The van der Waals surface area contributed by atoms with Crippen LogP contribution in [0.4, 0.5) is 0 Å². The van der Waals surface area contributed by atoms with E-state index in [1.165, 1.54) is 81.8 Å². The van der Waals surface area contributed by atoms with E-state index in [1.807, 2.05) is 6.08 Å². The van der Waals surface area contributed by atoms with E-state index >= 15 is 0 Å². The van der Waals surface area contributed by atoms with Crippen LogP contribution >= 0.6 is 0 Å². The molecule has 2 heterocycles. The number of nitrogens with zero attached hydrogens (tertiary/aromatic N) is 2. The van der Waals surface area contributed by atoms with Crippen molar-refractivity contribution in [3.8, 4) is 0 Å². The van der Waals surface area contributed by atoms with Gasteiger partial charge < -0.3 is 9.13 Å². The number of hydrogen-bond acceptors (Lipinski definition) is 0. The molecule has 3 aromatic carbocycles. The number of allylic oxidation sites excluding steroid dienone is 1. The van der Waals surface area contributed by atoms with Gasteiger partial charge in [0.2, 0.25) is 0 Å². The summed E-state index contributed by atoms with van der Waals surface area (Å²) in [4.78, 5) is 0. The summed E-state index contributed by atoms with van der Waals surface area (Å²) in [6.45, 7) is 6.18. The van der Waals surface area contributed by atoms with Crippen molar-refractivity contribution >= 4 is 44.9 Å². The van der Waals surface area contributed by atoms with Crippen molar-refractivity contribution in [1.29, 1.82) is 0 Å². The number of hydrogen-bond donors (Lipinski definition) is 0. The molecule has 0 amide bonds. The van der Waals surface area contributed by atoms with Crippen molar-refractivity contribution in [2.75, 3.05) is 0 Å². The SMILES string of the molecule is C=C/C=c1\c(=C/C)c2ccccc2n1C1CCCC(n2c3ccccc3c3ccccc32)CCC1. The van der Waals surface area contributed by atoms with Gasteiger partial charge in [0.05, 0.1) is 0 Å². The highest BCUT2D eigenvalue weighted by atomic mass is 15.0. The summed E-state index contributed by atoms with van der Waals surface area (Å²) in [5.74, 6) is 0. The van der Waals surface area contributed by atoms with E-state index in [4.69, 9.17) is 0 Å². The van der Waals surface area contributed by atoms with Crippen LogP contribution in [0.2, 0.25) is 0 Å². The largest absolute Gasteiger partial charge is 0.337 e. The van der Waals surface area contributed by atoms with Crippen LogP contribution in [0.5, 0.6) is 0 Å². The van der Waals surface area contributed by atoms with Gasteiger partial charge in [-0.15, -0.1) is 0 Å². The van der Waals surface area contributed by atoms with Crippen LogP contribution in [-0.4, -0.2) is 9.13 Å². The summed E-state index contributed by atoms with van der Waals surface area (Å²) in [5.41, 5.74) is 4.13. The molecule has 2 aromatic heterocycles. The molecule has 1 saturated carbocycles. The molecule has 1 fully saturated rings. The first kappa shape index (κ1) is 22.0. The Kier molecular flexibility index (Phi) is 5.82. The first-order valence-electron chi connectivity index (χ1n) is 13.2. The number of aromatic nitrogens is 2. The van der Waals surface area contributed by atoms with Gasteiger partial charge in [0, 0.05) is 55.4 Å². The minimum Gasteiger partial charge on any atom is -0.337 e. The molecular weight excluding hydrogens is 424 g/mol. The first-order valence-corrected chi connectivity index (χ1v) is 13.2. The van der Waals surface area contributed by atoms with Crippen molar-refractivity contribution < 1.29 is 0 Å². The first-order chi connectivity index (χ1) is 17.3. The number of para-hydroxylation sites is 3. The molecule has 0 aliphatic heterocycles. The Labute approximate surface area is 207 Å². The monoisotopic (exact) mass is 458 g/mol. The predicted molar refractivity (Wildman–Crippen MR) is 151 cm³/mol. The van der Waals surface area contributed by atoms with Crippen molar-refractivity contribution in [1.82, 2.24) is 9.13 Å². The number of benzene rings is 3. The van der Waals surface area contributed by atoms with E-state index in [9.17, 15) is 0 Å². The zero-order valence-electron chi connectivity index (χ0n) is 20.7. The molecule has 1 aliphatic carbocycles. The fourth-order valence-electron chi connectivity index (χ4n) is 6.62. The predicted octanol–water partition coefficient (Wildman–Crippen LogP) is 7.65. The minimum absolute atomic E-state index is 0.527. The molecule has 0 N–H and O–H groups in total. The van der Waals surface area contributed by atoms with Crippen LogP contribution in [0.1, 0.15) is 57.5 Å². The Morgan fingerprint density at radius 3 is 1.63 bits per heavy atom. The maximum Gasteiger partial charge on any atom is 0.0493 e. The average molecular weight is 459 g/mol. The molecule has 5 aromatic rings. The molecule has 0 bridgehead atoms. The molecule has 6 rings (SSSR count). The molecule has 0 unspecified atom stereocenters. The maximum absolute atomic E-state index is 4.02. The Morgan fingerprint density at radius 2 is 1.11 bits per heavy atom. The lowest BCUT2D eigenvalue weighted by atomic mass is 9.92. The van der Waals surface area contributed by atoms with Gasteiger partial charge in [-0.2, -0.15) is 0 Å². The van der Waals surface area contributed by atoms with E-state index in [2.05, 4.69) is 108 Å². The molecule has 0 radical (unpaired) electrons. The van der Waals surface area contributed by atoms with Crippen molar-refractivity contribution in [3.63, 3.8) is 0 Å². The van der Waals surface area contributed by atoms with Gasteiger partial charge in [0.1, 0.15) is 0 Å². The summed E-state index contributed by atoms with van der Waals surface area (Å²) in [6, 6.07) is 27.9. The van der Waals surface area contributed by atoms with Crippen LogP contribution in [0, 0.1) is 0 Å². The van der Waals surface area contributed by atoms with E-state index in [1.54, 1.807) is 0 Å². The van der Waals surface area contributed by atoms with Crippen molar-refractivity contribution in [2.45, 2.75) is 57.5 Å².